The summed E-state index contributed by atoms with van der Waals surface area (Å²) in [5, 5.41) is 0.770. The molecule has 0 radical (unpaired) electrons. The zero-order valence-corrected chi connectivity index (χ0v) is 10.8. The van der Waals surface area contributed by atoms with Gasteiger partial charge in [-0.15, -0.1) is 25.3 Å². The molecule has 0 aliphatic heterocycles. The number of thiol groups is 2. The van der Waals surface area contributed by atoms with Gasteiger partial charge >= 0.3 is 0 Å². The van der Waals surface area contributed by atoms with Crippen LogP contribution in [0.1, 0.15) is 11.1 Å². The van der Waals surface area contributed by atoms with Gasteiger partial charge in [-0.05, 0) is 25.5 Å². The van der Waals surface area contributed by atoms with Gasteiger partial charge in [-0.2, -0.15) is 4.98 Å². The summed E-state index contributed by atoms with van der Waals surface area (Å²) in [6.45, 7) is 4.06. The van der Waals surface area contributed by atoms with E-state index in [4.69, 9.17) is 0 Å². The molecular weight excluding hydrogens is 238 g/mol. The first-order valence-electron chi connectivity index (χ1n) is 4.78. The highest BCUT2D eigenvalue weighted by Gasteiger charge is 2.07. The molecule has 0 saturated carbocycles. The van der Waals surface area contributed by atoms with Crippen molar-refractivity contribution in [2.75, 3.05) is 0 Å². The number of rotatable bonds is 1. The van der Waals surface area contributed by atoms with Gasteiger partial charge in [0.15, 0.2) is 16.1 Å². The van der Waals surface area contributed by atoms with Crippen LogP contribution in [0.5, 0.6) is 0 Å². The Balaban J connectivity index is 2.62. The highest BCUT2D eigenvalue weighted by Crippen LogP contribution is 2.22. The predicted octanol–water partition coefficient (Wildman–Crippen LogP) is 2.73. The van der Waals surface area contributed by atoms with Gasteiger partial charge in [0.1, 0.15) is 0 Å². The molecule has 2 aromatic rings. The van der Waals surface area contributed by atoms with Gasteiger partial charge in [0, 0.05) is 5.56 Å². The molecule has 2 rings (SSSR count). The van der Waals surface area contributed by atoms with E-state index in [2.05, 4.69) is 46.3 Å². The first-order valence-corrected chi connectivity index (χ1v) is 5.67. The van der Waals surface area contributed by atoms with E-state index in [1.165, 1.54) is 5.56 Å². The summed E-state index contributed by atoms with van der Waals surface area (Å²) in [4.78, 5) is 12.3. The second kappa shape index (κ2) is 4.43. The van der Waals surface area contributed by atoms with Gasteiger partial charge < -0.3 is 0 Å². The summed E-state index contributed by atoms with van der Waals surface area (Å²) < 4.78 is 0. The van der Waals surface area contributed by atoms with E-state index < -0.39 is 0 Å². The predicted molar refractivity (Wildman–Crippen MR) is 69.2 cm³/mol. The Morgan fingerprint density at radius 2 is 1.56 bits per heavy atom. The van der Waals surface area contributed by atoms with Crippen molar-refractivity contribution < 1.29 is 0 Å². The molecule has 82 valence electrons. The normalized spacial score (nSPS) is 10.5. The molecular formula is C11H11N3S2. The maximum atomic E-state index is 4.20. The Morgan fingerprint density at radius 1 is 0.938 bits per heavy atom. The Kier molecular flexibility index (Phi) is 3.16. The lowest BCUT2D eigenvalue weighted by Crippen LogP contribution is -1.96. The number of hydrogen-bond donors (Lipinski definition) is 2. The lowest BCUT2D eigenvalue weighted by molar-refractivity contribution is 0.816. The minimum absolute atomic E-state index is 0.385. The molecule has 5 heteroatoms. The van der Waals surface area contributed by atoms with Gasteiger partial charge in [0.05, 0.1) is 0 Å². The van der Waals surface area contributed by atoms with Crippen LogP contribution in [0.25, 0.3) is 11.4 Å². The Bertz CT molecular complexity index is 520. The van der Waals surface area contributed by atoms with Crippen molar-refractivity contribution in [3.63, 3.8) is 0 Å². The summed E-state index contributed by atoms with van der Waals surface area (Å²) in [6, 6.07) is 6.15. The van der Waals surface area contributed by atoms with Crippen molar-refractivity contribution in [3.05, 3.63) is 29.3 Å². The first-order chi connectivity index (χ1) is 7.56. The standard InChI is InChI=1S/C11H11N3S2/c1-6-3-4-7(2)8(5-6)9-12-10(15)14-11(16)13-9/h3-5H,1-2H3,(H2,12,13,14,15,16). The smallest absolute Gasteiger partial charge is 0.189 e. The van der Waals surface area contributed by atoms with Crippen LogP contribution in [0.3, 0.4) is 0 Å². The largest absolute Gasteiger partial charge is 0.203 e. The molecule has 0 aliphatic carbocycles. The maximum Gasteiger partial charge on any atom is 0.189 e. The van der Waals surface area contributed by atoms with Crippen molar-refractivity contribution in [1.29, 1.82) is 0 Å². The van der Waals surface area contributed by atoms with Crippen LogP contribution >= 0.6 is 25.3 Å². The van der Waals surface area contributed by atoms with Crippen LogP contribution in [0, 0.1) is 13.8 Å². The van der Waals surface area contributed by atoms with E-state index in [0.717, 1.165) is 11.1 Å². The monoisotopic (exact) mass is 249 g/mol. The van der Waals surface area contributed by atoms with Crippen molar-refractivity contribution in [2.24, 2.45) is 0 Å². The molecule has 0 spiro atoms. The lowest BCUT2D eigenvalue weighted by Gasteiger charge is -2.06. The molecule has 3 nitrogen and oxygen atoms in total. The molecule has 0 bridgehead atoms. The summed E-state index contributed by atoms with van der Waals surface area (Å²) in [5.41, 5.74) is 3.28. The fourth-order valence-electron chi connectivity index (χ4n) is 1.45. The summed E-state index contributed by atoms with van der Waals surface area (Å²) in [6.07, 6.45) is 0. The molecule has 0 unspecified atom stereocenters. The van der Waals surface area contributed by atoms with Crippen molar-refractivity contribution in [2.45, 2.75) is 24.2 Å². The summed E-state index contributed by atoms with van der Waals surface area (Å²) >= 11 is 8.25. The second-order valence-electron chi connectivity index (χ2n) is 3.58. The average molecular weight is 249 g/mol. The summed E-state index contributed by atoms with van der Waals surface area (Å²) in [7, 11) is 0. The van der Waals surface area contributed by atoms with Crippen LogP contribution in [0.2, 0.25) is 0 Å². The number of benzene rings is 1. The number of hydrogen-bond acceptors (Lipinski definition) is 5. The molecule has 1 heterocycles. The third-order valence-electron chi connectivity index (χ3n) is 2.25. The van der Waals surface area contributed by atoms with Gasteiger partial charge in [-0.3, -0.25) is 0 Å². The van der Waals surface area contributed by atoms with Gasteiger partial charge in [-0.1, -0.05) is 17.7 Å². The minimum Gasteiger partial charge on any atom is -0.203 e. The van der Waals surface area contributed by atoms with E-state index in [1.807, 2.05) is 26.0 Å². The van der Waals surface area contributed by atoms with E-state index >= 15 is 0 Å². The number of aromatic nitrogens is 3. The molecule has 0 N–H and O–H groups in total. The molecule has 0 atom stereocenters. The zero-order chi connectivity index (χ0) is 11.7. The van der Waals surface area contributed by atoms with Crippen molar-refractivity contribution in [3.8, 4) is 11.4 Å². The number of aryl methyl sites for hydroxylation is 2. The van der Waals surface area contributed by atoms with Gasteiger partial charge in [0.2, 0.25) is 0 Å². The summed E-state index contributed by atoms with van der Waals surface area (Å²) in [5.74, 6) is 0.617. The van der Waals surface area contributed by atoms with Crippen LogP contribution in [0.4, 0.5) is 0 Å². The Morgan fingerprint density at radius 3 is 2.19 bits per heavy atom. The van der Waals surface area contributed by atoms with Crippen LogP contribution in [-0.4, -0.2) is 15.0 Å². The number of nitrogens with zero attached hydrogens (tertiary/aromatic N) is 3. The van der Waals surface area contributed by atoms with Crippen LogP contribution < -0.4 is 0 Å². The topological polar surface area (TPSA) is 38.7 Å². The van der Waals surface area contributed by atoms with E-state index in [9.17, 15) is 0 Å². The third kappa shape index (κ3) is 2.36. The molecule has 16 heavy (non-hydrogen) atoms. The van der Waals surface area contributed by atoms with E-state index in [0.29, 0.717) is 16.1 Å². The van der Waals surface area contributed by atoms with Crippen molar-refractivity contribution in [1.82, 2.24) is 15.0 Å². The fourth-order valence-corrected chi connectivity index (χ4v) is 1.91. The zero-order valence-electron chi connectivity index (χ0n) is 8.97. The Hall–Kier alpha value is -1.07. The first kappa shape index (κ1) is 11.4. The van der Waals surface area contributed by atoms with Crippen LogP contribution in [0.15, 0.2) is 28.5 Å². The third-order valence-corrected chi connectivity index (χ3v) is 2.65. The van der Waals surface area contributed by atoms with E-state index in [-0.39, 0.29) is 0 Å². The van der Waals surface area contributed by atoms with Gasteiger partial charge in [0.25, 0.3) is 0 Å². The maximum absolute atomic E-state index is 4.20. The van der Waals surface area contributed by atoms with E-state index in [1.54, 1.807) is 0 Å². The lowest BCUT2D eigenvalue weighted by atomic mass is 10.1. The highest BCUT2D eigenvalue weighted by atomic mass is 32.1. The van der Waals surface area contributed by atoms with Gasteiger partial charge in [-0.25, -0.2) is 9.97 Å². The average Bonchev–Trinajstić information content (AvgIpc) is 2.20. The molecule has 0 aliphatic rings. The second-order valence-corrected chi connectivity index (χ2v) is 4.38. The molecule has 0 fully saturated rings. The highest BCUT2D eigenvalue weighted by molar-refractivity contribution is 7.80. The molecule has 1 aromatic carbocycles. The molecule has 0 amide bonds. The minimum atomic E-state index is 0.385. The van der Waals surface area contributed by atoms with Crippen molar-refractivity contribution >= 4 is 25.3 Å². The molecule has 1 aromatic heterocycles. The quantitative estimate of drug-likeness (QED) is 0.763. The SMILES string of the molecule is Cc1ccc(C)c(-c2nc(S)nc(S)n2)c1. The molecule has 0 saturated heterocycles. The fraction of sp³-hybridized carbons (Fsp3) is 0.182. The Labute approximate surface area is 105 Å². The van der Waals surface area contributed by atoms with Crippen LogP contribution in [-0.2, 0) is 0 Å².